The van der Waals surface area contributed by atoms with Crippen molar-refractivity contribution in [2.45, 2.75) is 13.3 Å². The highest BCUT2D eigenvalue weighted by Crippen LogP contribution is 2.26. The molecule has 0 unspecified atom stereocenters. The number of nitrogens with one attached hydrogen (secondary N) is 1. The van der Waals surface area contributed by atoms with Crippen LogP contribution in [0.25, 0.3) is 0 Å². The van der Waals surface area contributed by atoms with Gasteiger partial charge in [0.2, 0.25) is 0 Å². The molecule has 0 spiro atoms. The van der Waals surface area contributed by atoms with Crippen LogP contribution in [0.5, 0.6) is 0 Å². The van der Waals surface area contributed by atoms with E-state index in [1.165, 1.54) is 5.56 Å². The minimum atomic E-state index is 0.209. The average Bonchev–Trinajstić information content (AvgIpc) is 2.48. The van der Waals surface area contributed by atoms with Gasteiger partial charge in [0.25, 0.3) is 0 Å². The largest absolute Gasteiger partial charge is 0.377 e. The maximum atomic E-state index is 11.3. The summed E-state index contributed by atoms with van der Waals surface area (Å²) in [5.74, 6) is 0.209. The minimum Gasteiger partial charge on any atom is -0.377 e. The van der Waals surface area contributed by atoms with Crippen molar-refractivity contribution < 1.29 is 4.79 Å². The Morgan fingerprint density at radius 1 is 1.50 bits per heavy atom. The molecule has 1 aromatic carbocycles. The first kappa shape index (κ1) is 7.35. The lowest BCUT2D eigenvalue weighted by Crippen LogP contribution is -2.00. The Morgan fingerprint density at radius 2 is 2.33 bits per heavy atom. The van der Waals surface area contributed by atoms with Crippen LogP contribution in [0.15, 0.2) is 18.2 Å². The number of rotatable bonds is 1. The van der Waals surface area contributed by atoms with E-state index in [1.54, 1.807) is 0 Å². The van der Waals surface area contributed by atoms with E-state index in [4.69, 9.17) is 0 Å². The topological polar surface area (TPSA) is 29.1 Å². The number of carbonyl (C=O) groups is 1. The molecule has 0 saturated heterocycles. The van der Waals surface area contributed by atoms with Gasteiger partial charge in [-0.15, -0.1) is 0 Å². The molecular weight excluding hydrogens is 150 g/mol. The lowest BCUT2D eigenvalue weighted by molar-refractivity contribution is 0.101. The van der Waals surface area contributed by atoms with Crippen molar-refractivity contribution in [1.82, 2.24) is 0 Å². The Kier molecular flexibility index (Phi) is 1.61. The molecule has 12 heavy (non-hydrogen) atoms. The van der Waals surface area contributed by atoms with Crippen LogP contribution < -0.4 is 5.32 Å². The zero-order chi connectivity index (χ0) is 8.55. The van der Waals surface area contributed by atoms with E-state index in [0.29, 0.717) is 6.54 Å². The van der Waals surface area contributed by atoms with Gasteiger partial charge >= 0.3 is 0 Å². The average molecular weight is 161 g/mol. The number of hydrogen-bond donors (Lipinski definition) is 1. The third-order valence-corrected chi connectivity index (χ3v) is 2.26. The summed E-state index contributed by atoms with van der Waals surface area (Å²) in [6.07, 6.45) is 0.976. The Bertz CT molecular complexity index is 331. The first-order valence-electron chi connectivity index (χ1n) is 4.22. The first-order chi connectivity index (χ1) is 5.83. The molecule has 1 N–H and O–H groups in total. The SMILES string of the molecule is CCc1cccc2c1NCC2=O. The molecule has 0 aromatic heterocycles. The maximum Gasteiger partial charge on any atom is 0.183 e. The molecule has 0 aliphatic carbocycles. The summed E-state index contributed by atoms with van der Waals surface area (Å²) in [6.45, 7) is 2.56. The molecule has 1 aliphatic rings. The molecule has 2 heteroatoms. The van der Waals surface area contributed by atoms with Gasteiger partial charge in [-0.1, -0.05) is 19.1 Å². The molecule has 0 saturated carbocycles. The van der Waals surface area contributed by atoms with Crippen molar-refractivity contribution >= 4 is 11.5 Å². The molecule has 0 bridgehead atoms. The van der Waals surface area contributed by atoms with E-state index in [1.807, 2.05) is 12.1 Å². The van der Waals surface area contributed by atoms with Gasteiger partial charge < -0.3 is 5.32 Å². The molecule has 1 heterocycles. The predicted molar refractivity (Wildman–Crippen MR) is 48.6 cm³/mol. The summed E-state index contributed by atoms with van der Waals surface area (Å²) in [4.78, 5) is 11.3. The van der Waals surface area contributed by atoms with E-state index in [0.717, 1.165) is 17.7 Å². The second-order valence-corrected chi connectivity index (χ2v) is 2.97. The molecule has 1 aromatic rings. The molecular formula is C10H11NO. The van der Waals surface area contributed by atoms with Crippen molar-refractivity contribution in [2.75, 3.05) is 11.9 Å². The molecule has 0 amide bonds. The molecule has 62 valence electrons. The van der Waals surface area contributed by atoms with E-state index >= 15 is 0 Å². The van der Waals surface area contributed by atoms with Crippen LogP contribution >= 0.6 is 0 Å². The van der Waals surface area contributed by atoms with Gasteiger partial charge in [-0.3, -0.25) is 4.79 Å². The highest BCUT2D eigenvalue weighted by molar-refractivity contribution is 6.08. The van der Waals surface area contributed by atoms with Crippen LogP contribution in [-0.2, 0) is 6.42 Å². The highest BCUT2D eigenvalue weighted by atomic mass is 16.1. The van der Waals surface area contributed by atoms with Crippen LogP contribution in [-0.4, -0.2) is 12.3 Å². The predicted octanol–water partition coefficient (Wildman–Crippen LogP) is 1.86. The fourth-order valence-electron chi connectivity index (χ4n) is 1.60. The number of para-hydroxylation sites is 1. The molecule has 0 atom stereocenters. The van der Waals surface area contributed by atoms with Gasteiger partial charge in [0.1, 0.15) is 0 Å². The van der Waals surface area contributed by atoms with E-state index in [9.17, 15) is 4.79 Å². The zero-order valence-corrected chi connectivity index (χ0v) is 7.05. The van der Waals surface area contributed by atoms with E-state index < -0.39 is 0 Å². The van der Waals surface area contributed by atoms with Crippen molar-refractivity contribution in [3.63, 3.8) is 0 Å². The first-order valence-corrected chi connectivity index (χ1v) is 4.22. The second-order valence-electron chi connectivity index (χ2n) is 2.97. The van der Waals surface area contributed by atoms with Gasteiger partial charge in [-0.05, 0) is 18.1 Å². The number of fused-ring (bicyclic) bond motifs is 1. The standard InChI is InChI=1S/C10H11NO/c1-2-7-4-3-5-8-9(12)6-11-10(7)8/h3-5,11H,2,6H2,1H3. The van der Waals surface area contributed by atoms with Gasteiger partial charge in [0.05, 0.1) is 6.54 Å². The molecule has 2 rings (SSSR count). The summed E-state index contributed by atoms with van der Waals surface area (Å²) >= 11 is 0. The Balaban J connectivity index is 2.58. The second kappa shape index (κ2) is 2.63. The summed E-state index contributed by atoms with van der Waals surface area (Å²) in [5, 5.41) is 3.12. The quantitative estimate of drug-likeness (QED) is 0.681. The normalized spacial score (nSPS) is 14.2. The monoisotopic (exact) mass is 161 g/mol. The highest BCUT2D eigenvalue weighted by Gasteiger charge is 2.19. The smallest absolute Gasteiger partial charge is 0.183 e. The Morgan fingerprint density at radius 3 is 3.08 bits per heavy atom. The Hall–Kier alpha value is -1.31. The lowest BCUT2D eigenvalue weighted by atomic mass is 10.1. The number of anilines is 1. The minimum absolute atomic E-state index is 0.209. The van der Waals surface area contributed by atoms with Crippen LogP contribution in [0.4, 0.5) is 5.69 Å². The summed E-state index contributed by atoms with van der Waals surface area (Å²) < 4.78 is 0. The van der Waals surface area contributed by atoms with Gasteiger partial charge in [-0.25, -0.2) is 0 Å². The molecule has 0 fully saturated rings. The summed E-state index contributed by atoms with van der Waals surface area (Å²) in [5.41, 5.74) is 3.14. The van der Waals surface area contributed by atoms with Crippen LogP contribution in [0.3, 0.4) is 0 Å². The van der Waals surface area contributed by atoms with E-state index in [2.05, 4.69) is 18.3 Å². The number of hydrogen-bond acceptors (Lipinski definition) is 2. The van der Waals surface area contributed by atoms with Crippen molar-refractivity contribution in [2.24, 2.45) is 0 Å². The number of aryl methyl sites for hydroxylation is 1. The van der Waals surface area contributed by atoms with Gasteiger partial charge in [-0.2, -0.15) is 0 Å². The summed E-state index contributed by atoms with van der Waals surface area (Å²) in [6, 6.07) is 5.89. The van der Waals surface area contributed by atoms with Crippen molar-refractivity contribution in [3.8, 4) is 0 Å². The van der Waals surface area contributed by atoms with Crippen molar-refractivity contribution in [3.05, 3.63) is 29.3 Å². The maximum absolute atomic E-state index is 11.3. The van der Waals surface area contributed by atoms with Crippen LogP contribution in [0, 0.1) is 0 Å². The van der Waals surface area contributed by atoms with Crippen molar-refractivity contribution in [1.29, 1.82) is 0 Å². The van der Waals surface area contributed by atoms with Gasteiger partial charge in [0, 0.05) is 11.3 Å². The van der Waals surface area contributed by atoms with Crippen LogP contribution in [0.1, 0.15) is 22.8 Å². The zero-order valence-electron chi connectivity index (χ0n) is 7.05. The van der Waals surface area contributed by atoms with Gasteiger partial charge in [0.15, 0.2) is 5.78 Å². The number of benzene rings is 1. The number of carbonyl (C=O) groups excluding carboxylic acids is 1. The van der Waals surface area contributed by atoms with Crippen LogP contribution in [0.2, 0.25) is 0 Å². The van der Waals surface area contributed by atoms with E-state index in [-0.39, 0.29) is 5.78 Å². The fourth-order valence-corrected chi connectivity index (χ4v) is 1.60. The third-order valence-electron chi connectivity index (χ3n) is 2.26. The molecule has 1 aliphatic heterocycles. The number of Topliss-reactive ketones (excluding diaryl/α,β-unsaturated/α-hetero) is 1. The Labute approximate surface area is 71.6 Å². The number of ketones is 1. The lowest BCUT2D eigenvalue weighted by Gasteiger charge is -2.03. The fraction of sp³-hybridized carbons (Fsp3) is 0.300. The summed E-state index contributed by atoms with van der Waals surface area (Å²) in [7, 11) is 0. The molecule has 2 nitrogen and oxygen atoms in total. The molecule has 0 radical (unpaired) electrons. The third kappa shape index (κ3) is 0.916.